The maximum atomic E-state index is 12.3. The van der Waals surface area contributed by atoms with E-state index < -0.39 is 11.8 Å². The highest BCUT2D eigenvalue weighted by Gasteiger charge is 2.19. The fourth-order valence-corrected chi connectivity index (χ4v) is 3.20. The first kappa shape index (κ1) is 15.8. The van der Waals surface area contributed by atoms with Crippen LogP contribution < -0.4 is 16.4 Å². The highest BCUT2D eigenvalue weighted by Crippen LogP contribution is 2.26. The number of hydrazine groups is 1. The number of pyridine rings is 1. The van der Waals surface area contributed by atoms with Crippen molar-refractivity contribution < 1.29 is 9.59 Å². The van der Waals surface area contributed by atoms with Crippen molar-refractivity contribution in [3.63, 3.8) is 0 Å². The van der Waals surface area contributed by atoms with E-state index in [1.165, 1.54) is 17.1 Å². The van der Waals surface area contributed by atoms with Gasteiger partial charge in [0.05, 0.1) is 22.2 Å². The molecule has 0 aliphatic heterocycles. The van der Waals surface area contributed by atoms with Gasteiger partial charge in [0.25, 0.3) is 17.4 Å². The third-order valence-corrected chi connectivity index (χ3v) is 4.63. The summed E-state index contributed by atoms with van der Waals surface area (Å²) in [5.41, 5.74) is 5.30. The molecule has 2 amide bonds. The molecule has 0 radical (unpaired) electrons. The molecule has 0 aliphatic carbocycles. The lowest BCUT2D eigenvalue weighted by molar-refractivity contribution is 0.0848. The number of carbonyl (C=O) groups excluding carboxylic acids is 2. The monoisotopic (exact) mass is 343 g/mol. The average molecular weight is 343 g/mol. The van der Waals surface area contributed by atoms with Gasteiger partial charge in [-0.25, -0.2) is 4.98 Å². The molecule has 3 aromatic heterocycles. The van der Waals surface area contributed by atoms with Crippen LogP contribution in [0, 0.1) is 6.92 Å². The Bertz CT molecular complexity index is 994. The molecule has 122 valence electrons. The minimum absolute atomic E-state index is 0.216. The van der Waals surface area contributed by atoms with E-state index in [9.17, 15) is 14.4 Å². The number of amides is 2. The zero-order valence-electron chi connectivity index (χ0n) is 12.9. The van der Waals surface area contributed by atoms with Gasteiger partial charge < -0.3 is 4.57 Å². The van der Waals surface area contributed by atoms with Crippen LogP contribution in [-0.4, -0.2) is 26.3 Å². The van der Waals surface area contributed by atoms with Crippen LogP contribution in [0.3, 0.4) is 0 Å². The molecule has 0 aromatic carbocycles. The molecule has 3 aromatic rings. The predicted molar refractivity (Wildman–Crippen MR) is 88.8 cm³/mol. The molecule has 3 heterocycles. The first-order chi connectivity index (χ1) is 11.5. The normalized spacial score (nSPS) is 10.6. The quantitative estimate of drug-likeness (QED) is 0.669. The van der Waals surface area contributed by atoms with E-state index in [1.54, 1.807) is 32.3 Å². The second-order valence-electron chi connectivity index (χ2n) is 5.05. The highest BCUT2D eigenvalue weighted by molar-refractivity contribution is 7.20. The van der Waals surface area contributed by atoms with Crippen molar-refractivity contribution in [2.24, 2.45) is 7.05 Å². The number of nitrogens with zero attached hydrogens (tertiary/aromatic N) is 3. The van der Waals surface area contributed by atoms with Crippen LogP contribution in [0.2, 0.25) is 0 Å². The second kappa shape index (κ2) is 6.20. The van der Waals surface area contributed by atoms with E-state index in [0.717, 1.165) is 11.3 Å². The van der Waals surface area contributed by atoms with E-state index in [2.05, 4.69) is 20.8 Å². The fourth-order valence-electron chi connectivity index (χ4n) is 2.16. The average Bonchev–Trinajstić information content (AvgIpc) is 2.94. The number of thiophene rings is 1. The van der Waals surface area contributed by atoms with E-state index in [1.807, 2.05) is 0 Å². The predicted octanol–water partition coefficient (Wildman–Crippen LogP) is 0.773. The Labute approximate surface area is 140 Å². The smallest absolute Gasteiger partial charge is 0.280 e. The maximum absolute atomic E-state index is 12.3. The zero-order chi connectivity index (χ0) is 17.3. The van der Waals surface area contributed by atoms with Gasteiger partial charge in [0.2, 0.25) is 0 Å². The summed E-state index contributed by atoms with van der Waals surface area (Å²) in [7, 11) is 1.60. The molecular weight excluding hydrogens is 330 g/mol. The van der Waals surface area contributed by atoms with Crippen molar-refractivity contribution in [1.82, 2.24) is 25.4 Å². The molecule has 2 N–H and O–H groups in total. The van der Waals surface area contributed by atoms with E-state index >= 15 is 0 Å². The summed E-state index contributed by atoms with van der Waals surface area (Å²) in [6.07, 6.45) is 4.34. The van der Waals surface area contributed by atoms with Crippen molar-refractivity contribution in [2.75, 3.05) is 0 Å². The van der Waals surface area contributed by atoms with E-state index in [-0.39, 0.29) is 5.56 Å². The SMILES string of the molecule is Cc1c(C(=O)NNC(=O)c2cccnc2)sc2ncn(C)c(=O)c12. The van der Waals surface area contributed by atoms with Crippen LogP contribution in [0.4, 0.5) is 0 Å². The zero-order valence-corrected chi connectivity index (χ0v) is 13.7. The topological polar surface area (TPSA) is 106 Å². The van der Waals surface area contributed by atoms with Gasteiger partial charge in [-0.1, -0.05) is 0 Å². The van der Waals surface area contributed by atoms with Crippen LogP contribution >= 0.6 is 11.3 Å². The van der Waals surface area contributed by atoms with Crippen molar-refractivity contribution in [1.29, 1.82) is 0 Å². The van der Waals surface area contributed by atoms with Crippen molar-refractivity contribution in [3.8, 4) is 0 Å². The fraction of sp³-hybridized carbons (Fsp3) is 0.133. The van der Waals surface area contributed by atoms with Gasteiger partial charge in [0, 0.05) is 19.4 Å². The largest absolute Gasteiger partial charge is 0.302 e. The number of nitrogens with one attached hydrogen (secondary N) is 2. The van der Waals surface area contributed by atoms with Gasteiger partial charge in [-0.3, -0.25) is 30.2 Å². The highest BCUT2D eigenvalue weighted by atomic mass is 32.1. The molecule has 0 fully saturated rings. The molecule has 9 heteroatoms. The molecule has 3 rings (SSSR count). The number of aryl methyl sites for hydroxylation is 2. The lowest BCUT2D eigenvalue weighted by Gasteiger charge is -2.06. The number of rotatable bonds is 2. The Morgan fingerprint density at radius 1 is 1.25 bits per heavy atom. The van der Waals surface area contributed by atoms with Crippen molar-refractivity contribution in [3.05, 3.63) is 57.2 Å². The molecule has 0 aliphatic rings. The lowest BCUT2D eigenvalue weighted by Crippen LogP contribution is -2.41. The van der Waals surface area contributed by atoms with Gasteiger partial charge in [-0.05, 0) is 24.6 Å². The third kappa shape index (κ3) is 2.76. The number of aromatic nitrogens is 3. The Kier molecular flexibility index (Phi) is 4.09. The Hall–Kier alpha value is -3.07. The van der Waals surface area contributed by atoms with Gasteiger partial charge in [-0.15, -0.1) is 11.3 Å². The number of hydrogen-bond acceptors (Lipinski definition) is 6. The summed E-state index contributed by atoms with van der Waals surface area (Å²) in [5, 5.41) is 0.411. The minimum Gasteiger partial charge on any atom is -0.302 e. The van der Waals surface area contributed by atoms with Crippen LogP contribution in [0.15, 0.2) is 35.6 Å². The summed E-state index contributed by atoms with van der Waals surface area (Å²) in [6, 6.07) is 3.20. The summed E-state index contributed by atoms with van der Waals surface area (Å²) in [5.74, 6) is -0.987. The summed E-state index contributed by atoms with van der Waals surface area (Å²) in [4.78, 5) is 45.2. The first-order valence-corrected chi connectivity index (χ1v) is 7.76. The Morgan fingerprint density at radius 2 is 2.00 bits per heavy atom. The summed E-state index contributed by atoms with van der Waals surface area (Å²) < 4.78 is 1.36. The van der Waals surface area contributed by atoms with Gasteiger partial charge in [0.1, 0.15) is 4.83 Å². The van der Waals surface area contributed by atoms with Crippen molar-refractivity contribution >= 4 is 33.4 Å². The van der Waals surface area contributed by atoms with E-state index in [4.69, 9.17) is 0 Å². The lowest BCUT2D eigenvalue weighted by atomic mass is 10.2. The third-order valence-electron chi connectivity index (χ3n) is 3.43. The van der Waals surface area contributed by atoms with Gasteiger partial charge >= 0.3 is 0 Å². The van der Waals surface area contributed by atoms with Gasteiger partial charge in [-0.2, -0.15) is 0 Å². The molecule has 0 saturated carbocycles. The van der Waals surface area contributed by atoms with Crippen LogP contribution in [-0.2, 0) is 7.05 Å². The summed E-state index contributed by atoms with van der Waals surface area (Å²) in [6.45, 7) is 1.68. The Morgan fingerprint density at radius 3 is 2.71 bits per heavy atom. The molecule has 0 unspecified atom stereocenters. The second-order valence-corrected chi connectivity index (χ2v) is 6.05. The van der Waals surface area contributed by atoms with Crippen LogP contribution in [0.1, 0.15) is 25.6 Å². The first-order valence-electron chi connectivity index (χ1n) is 6.94. The number of carbonyl (C=O) groups is 2. The number of fused-ring (bicyclic) bond motifs is 1. The number of hydrogen-bond donors (Lipinski definition) is 2. The van der Waals surface area contributed by atoms with Crippen LogP contribution in [0.25, 0.3) is 10.2 Å². The molecule has 0 spiro atoms. The van der Waals surface area contributed by atoms with E-state index in [0.29, 0.717) is 26.2 Å². The minimum atomic E-state index is -0.505. The van der Waals surface area contributed by atoms with Gasteiger partial charge in [0.15, 0.2) is 0 Å². The van der Waals surface area contributed by atoms with Crippen molar-refractivity contribution in [2.45, 2.75) is 6.92 Å². The summed E-state index contributed by atoms with van der Waals surface area (Å²) >= 11 is 1.10. The standard InChI is InChI=1S/C15H13N5O3S/c1-8-10-14(17-7-20(2)15(10)23)24-11(8)13(22)19-18-12(21)9-4-3-5-16-6-9/h3-7H,1-2H3,(H,18,21)(H,19,22). The maximum Gasteiger partial charge on any atom is 0.280 e. The molecule has 8 nitrogen and oxygen atoms in total. The molecule has 0 atom stereocenters. The Balaban J connectivity index is 1.82. The molecular formula is C15H13N5O3S. The molecule has 0 bridgehead atoms. The van der Waals surface area contributed by atoms with Crippen LogP contribution in [0.5, 0.6) is 0 Å². The molecule has 0 saturated heterocycles. The molecule has 24 heavy (non-hydrogen) atoms.